The predicted octanol–water partition coefficient (Wildman–Crippen LogP) is 14.1. The average molecular weight is 889 g/mol. The number of hydrogen-bond donors (Lipinski definition) is 0. The van der Waals surface area contributed by atoms with Crippen LogP contribution in [0.3, 0.4) is 0 Å². The minimum Gasteiger partial charge on any atom is -0.490 e. The van der Waals surface area contributed by atoms with E-state index in [-0.39, 0.29) is 45.1 Å². The standard InChI is InChI=1S/C51H73FO8Si2/c1-35(2)48(53)59-44-26-24-39(33-45(44)55-28-20-30-58-62(13,14)51(8,9)10)42-31-40(41-25-23-38(32-43(41)52)37-21-16-15-17-22-37)34-46(60-49(54)36(3)4)47(42)56-27-18-19-29-57-61(11,12)50(5,6)7/h23-26,31-34,37H,1,3,15-22,27-30H2,2,4-14H3. The highest BCUT2D eigenvalue weighted by Gasteiger charge is 2.38. The molecule has 340 valence electrons. The number of hydrogen-bond acceptors (Lipinski definition) is 8. The second-order valence-corrected chi connectivity index (χ2v) is 29.5. The Morgan fingerprint density at radius 3 is 1.73 bits per heavy atom. The van der Waals surface area contributed by atoms with Crippen molar-refractivity contribution in [2.45, 2.75) is 149 Å². The van der Waals surface area contributed by atoms with Crippen molar-refractivity contribution in [2.75, 3.05) is 26.4 Å². The van der Waals surface area contributed by atoms with Gasteiger partial charge in [0.05, 0.1) is 13.2 Å². The number of carbonyl (C=O) groups excluding carboxylic acids is 2. The molecule has 0 atom stereocenters. The largest absolute Gasteiger partial charge is 0.490 e. The Hall–Kier alpha value is -4.04. The maximum atomic E-state index is 16.3. The third kappa shape index (κ3) is 13.7. The van der Waals surface area contributed by atoms with Crippen LogP contribution in [0.2, 0.25) is 36.3 Å². The second kappa shape index (κ2) is 21.6. The van der Waals surface area contributed by atoms with Crippen LogP contribution in [0.25, 0.3) is 22.3 Å². The first-order chi connectivity index (χ1) is 28.9. The van der Waals surface area contributed by atoms with Crippen molar-refractivity contribution in [3.8, 4) is 45.3 Å². The molecular weight excluding hydrogens is 816 g/mol. The van der Waals surface area contributed by atoms with E-state index in [9.17, 15) is 9.59 Å². The molecule has 1 aliphatic carbocycles. The molecule has 8 nitrogen and oxygen atoms in total. The quantitative estimate of drug-likeness (QED) is 0.0364. The maximum absolute atomic E-state index is 16.3. The van der Waals surface area contributed by atoms with Crippen molar-refractivity contribution in [1.82, 2.24) is 0 Å². The molecule has 0 saturated heterocycles. The van der Waals surface area contributed by atoms with Crippen LogP contribution in [0, 0.1) is 5.82 Å². The first kappa shape index (κ1) is 50.6. The summed E-state index contributed by atoms with van der Waals surface area (Å²) in [6, 6.07) is 14.2. The highest BCUT2D eigenvalue weighted by Crippen LogP contribution is 2.46. The van der Waals surface area contributed by atoms with Crippen molar-refractivity contribution >= 4 is 28.6 Å². The molecule has 0 unspecified atom stereocenters. The lowest BCUT2D eigenvalue weighted by atomic mass is 9.83. The Balaban J connectivity index is 1.80. The first-order valence-corrected chi connectivity index (χ1v) is 28.1. The normalized spacial score (nSPS) is 14.0. The van der Waals surface area contributed by atoms with Crippen LogP contribution in [-0.2, 0) is 18.4 Å². The monoisotopic (exact) mass is 888 g/mol. The van der Waals surface area contributed by atoms with Gasteiger partial charge in [-0.15, -0.1) is 0 Å². The summed E-state index contributed by atoms with van der Waals surface area (Å²) in [6.45, 7) is 34.6. The summed E-state index contributed by atoms with van der Waals surface area (Å²) in [7, 11) is -3.90. The van der Waals surface area contributed by atoms with Gasteiger partial charge in [0.25, 0.3) is 0 Å². The lowest BCUT2D eigenvalue weighted by Crippen LogP contribution is -2.41. The second-order valence-electron chi connectivity index (χ2n) is 19.9. The van der Waals surface area contributed by atoms with Crippen molar-refractivity contribution in [2.24, 2.45) is 0 Å². The SMILES string of the molecule is C=C(C)C(=O)Oc1ccc(-c2cc(-c3ccc(C4CCCCC4)cc3F)cc(OC(=O)C(=C)C)c2OCCCCO[Si](C)(C)C(C)(C)C)cc1OCCCO[Si](C)(C)C(C)(C)C. The Bertz CT molecular complexity index is 2050. The zero-order valence-corrected chi connectivity index (χ0v) is 41.7. The number of unbranched alkanes of at least 4 members (excludes halogenated alkanes) is 1. The van der Waals surface area contributed by atoms with Crippen molar-refractivity contribution < 1.29 is 41.8 Å². The number of halogens is 1. The first-order valence-electron chi connectivity index (χ1n) is 22.3. The summed E-state index contributed by atoms with van der Waals surface area (Å²) < 4.78 is 53.8. The van der Waals surface area contributed by atoms with E-state index in [0.717, 1.165) is 37.7 Å². The number of rotatable bonds is 20. The summed E-state index contributed by atoms with van der Waals surface area (Å²) in [5.74, 6) is -0.314. The topological polar surface area (TPSA) is 89.5 Å². The third-order valence-electron chi connectivity index (χ3n) is 12.7. The summed E-state index contributed by atoms with van der Waals surface area (Å²) in [5, 5.41) is 0.161. The van der Waals surface area contributed by atoms with Crippen LogP contribution in [0.1, 0.15) is 118 Å². The molecule has 0 bridgehead atoms. The molecule has 0 spiro atoms. The van der Waals surface area contributed by atoms with Crippen molar-refractivity contribution in [1.29, 1.82) is 0 Å². The average Bonchev–Trinajstić information content (AvgIpc) is 3.19. The van der Waals surface area contributed by atoms with Gasteiger partial charge in [-0.05, 0) is 129 Å². The van der Waals surface area contributed by atoms with Gasteiger partial charge in [0, 0.05) is 41.9 Å². The van der Waals surface area contributed by atoms with Gasteiger partial charge in [0.1, 0.15) is 5.82 Å². The summed E-state index contributed by atoms with van der Waals surface area (Å²) in [4.78, 5) is 26.0. The lowest BCUT2D eigenvalue weighted by molar-refractivity contribution is -0.131. The van der Waals surface area contributed by atoms with E-state index >= 15 is 4.39 Å². The van der Waals surface area contributed by atoms with Crippen LogP contribution in [0.15, 0.2) is 72.8 Å². The molecule has 1 saturated carbocycles. The van der Waals surface area contributed by atoms with E-state index in [4.69, 9.17) is 27.8 Å². The zero-order valence-electron chi connectivity index (χ0n) is 39.7. The maximum Gasteiger partial charge on any atom is 0.338 e. The molecular formula is C51H73FO8Si2. The number of carbonyl (C=O) groups is 2. The molecule has 1 fully saturated rings. The van der Waals surface area contributed by atoms with Gasteiger partial charge >= 0.3 is 11.9 Å². The molecule has 0 N–H and O–H groups in total. The van der Waals surface area contributed by atoms with Crippen molar-refractivity contribution in [3.63, 3.8) is 0 Å². The Kier molecular flexibility index (Phi) is 17.6. The van der Waals surface area contributed by atoms with Crippen molar-refractivity contribution in [3.05, 3.63) is 84.2 Å². The fourth-order valence-corrected chi connectivity index (χ4v) is 8.78. The molecule has 0 amide bonds. The van der Waals surface area contributed by atoms with E-state index in [1.54, 1.807) is 44.2 Å². The summed E-state index contributed by atoms with van der Waals surface area (Å²) in [5.41, 5.74) is 3.43. The zero-order chi connectivity index (χ0) is 46.0. The van der Waals surface area contributed by atoms with E-state index in [1.165, 1.54) is 6.42 Å². The van der Waals surface area contributed by atoms with Crippen LogP contribution < -0.4 is 18.9 Å². The minimum absolute atomic E-state index is 0.0663. The third-order valence-corrected chi connectivity index (χ3v) is 21.7. The molecule has 1 aliphatic rings. The Morgan fingerprint density at radius 2 is 1.16 bits per heavy atom. The smallest absolute Gasteiger partial charge is 0.338 e. The lowest BCUT2D eigenvalue weighted by Gasteiger charge is -2.36. The highest BCUT2D eigenvalue weighted by molar-refractivity contribution is 6.74. The van der Waals surface area contributed by atoms with E-state index < -0.39 is 28.6 Å². The highest BCUT2D eigenvalue weighted by atomic mass is 28.4. The molecule has 0 radical (unpaired) electrons. The van der Waals surface area contributed by atoms with Gasteiger partial charge in [-0.3, -0.25) is 0 Å². The van der Waals surface area contributed by atoms with Gasteiger partial charge in [-0.1, -0.05) is 92.2 Å². The van der Waals surface area contributed by atoms with Gasteiger partial charge in [0.15, 0.2) is 39.6 Å². The minimum atomic E-state index is -1.97. The van der Waals surface area contributed by atoms with Crippen LogP contribution in [-0.4, -0.2) is 55.0 Å². The molecule has 0 aromatic heterocycles. The van der Waals surface area contributed by atoms with E-state index in [0.29, 0.717) is 72.3 Å². The van der Waals surface area contributed by atoms with Gasteiger partial charge in [-0.2, -0.15) is 0 Å². The Labute approximate surface area is 373 Å². The molecule has 4 rings (SSSR count). The fourth-order valence-electron chi connectivity index (χ4n) is 6.61. The van der Waals surface area contributed by atoms with Gasteiger partial charge < -0.3 is 27.8 Å². The molecule has 3 aromatic carbocycles. The molecule has 62 heavy (non-hydrogen) atoms. The van der Waals surface area contributed by atoms with Gasteiger partial charge in [-0.25, -0.2) is 14.0 Å². The molecule has 0 heterocycles. The van der Waals surface area contributed by atoms with E-state index in [2.05, 4.69) is 80.9 Å². The van der Waals surface area contributed by atoms with Crippen LogP contribution in [0.4, 0.5) is 4.39 Å². The van der Waals surface area contributed by atoms with E-state index in [1.807, 2.05) is 18.2 Å². The summed E-state index contributed by atoms with van der Waals surface area (Å²) in [6.07, 6.45) is 7.61. The van der Waals surface area contributed by atoms with Crippen LogP contribution >= 0.6 is 0 Å². The van der Waals surface area contributed by atoms with Gasteiger partial charge in [0.2, 0.25) is 0 Å². The Morgan fingerprint density at radius 1 is 0.629 bits per heavy atom. The number of benzene rings is 3. The summed E-state index contributed by atoms with van der Waals surface area (Å²) >= 11 is 0. The number of esters is 2. The molecule has 0 aliphatic heterocycles. The molecule has 3 aromatic rings. The fraction of sp³-hybridized carbons (Fsp3) is 0.529. The molecule has 11 heteroatoms. The predicted molar refractivity (Wildman–Crippen MR) is 255 cm³/mol. The van der Waals surface area contributed by atoms with Crippen LogP contribution in [0.5, 0.6) is 23.0 Å². The number of ether oxygens (including phenoxy) is 4.